The molecule has 2 rings (SSSR count). The number of carbonyl (C=O) groups is 2. The third kappa shape index (κ3) is 6.43. The number of methoxy groups -OCH3 is 2. The van der Waals surface area contributed by atoms with Crippen molar-refractivity contribution in [2.75, 3.05) is 20.8 Å². The quantitative estimate of drug-likeness (QED) is 0.600. The Morgan fingerprint density at radius 3 is 2.11 bits per heavy atom. The van der Waals surface area contributed by atoms with Gasteiger partial charge in [-0.2, -0.15) is 0 Å². The summed E-state index contributed by atoms with van der Waals surface area (Å²) in [4.78, 5) is 24.7. The Kier molecular flexibility index (Phi) is 9.11. The highest BCUT2D eigenvalue weighted by atomic mass is 16.5. The molecule has 6 heteroatoms. The number of rotatable bonds is 10. The third-order valence-electron chi connectivity index (χ3n) is 5.46. The molecule has 2 amide bonds. The Morgan fingerprint density at radius 2 is 1.54 bits per heavy atom. The first-order valence-corrected chi connectivity index (χ1v) is 10.3. The van der Waals surface area contributed by atoms with Gasteiger partial charge in [-0.15, -0.1) is 0 Å². The molecule has 0 saturated heterocycles. The molecule has 1 aromatic carbocycles. The zero-order valence-corrected chi connectivity index (χ0v) is 17.4. The second kappa shape index (κ2) is 11.6. The van der Waals surface area contributed by atoms with Crippen molar-refractivity contribution in [3.05, 3.63) is 23.8 Å². The molecule has 0 bridgehead atoms. The SMILES string of the molecule is CCCCCNC(=O)C1CCC(C(=O)NCc2ccc(OC)c(OC)c2)CC1. The Balaban J connectivity index is 1.74. The van der Waals surface area contributed by atoms with Gasteiger partial charge >= 0.3 is 0 Å². The Labute approximate surface area is 168 Å². The summed E-state index contributed by atoms with van der Waals surface area (Å²) in [6, 6.07) is 5.63. The summed E-state index contributed by atoms with van der Waals surface area (Å²) in [7, 11) is 3.19. The fraction of sp³-hybridized carbons (Fsp3) is 0.636. The first kappa shape index (κ1) is 22.1. The third-order valence-corrected chi connectivity index (χ3v) is 5.46. The van der Waals surface area contributed by atoms with Crippen LogP contribution in [0.25, 0.3) is 0 Å². The van der Waals surface area contributed by atoms with Crippen LogP contribution in [0.4, 0.5) is 0 Å². The first-order valence-electron chi connectivity index (χ1n) is 10.3. The highest BCUT2D eigenvalue weighted by molar-refractivity contribution is 5.81. The molecule has 0 spiro atoms. The van der Waals surface area contributed by atoms with Crippen molar-refractivity contribution < 1.29 is 19.1 Å². The van der Waals surface area contributed by atoms with Gasteiger partial charge in [-0.05, 0) is 49.8 Å². The number of hydrogen-bond donors (Lipinski definition) is 2. The lowest BCUT2D eigenvalue weighted by molar-refractivity contribution is -0.130. The first-order chi connectivity index (χ1) is 13.6. The van der Waals surface area contributed by atoms with Crippen LogP contribution in [0.2, 0.25) is 0 Å². The zero-order chi connectivity index (χ0) is 20.4. The Bertz CT molecular complexity index is 639. The molecule has 156 valence electrons. The molecular weight excluding hydrogens is 356 g/mol. The molecular formula is C22H34N2O4. The summed E-state index contributed by atoms with van der Waals surface area (Å²) in [5.41, 5.74) is 0.964. The lowest BCUT2D eigenvalue weighted by Gasteiger charge is -2.27. The summed E-state index contributed by atoms with van der Waals surface area (Å²) in [6.45, 7) is 3.37. The molecule has 28 heavy (non-hydrogen) atoms. The predicted molar refractivity (Wildman–Crippen MR) is 109 cm³/mol. The van der Waals surface area contributed by atoms with Crippen LogP contribution in [0.1, 0.15) is 57.4 Å². The van der Waals surface area contributed by atoms with E-state index in [0.29, 0.717) is 18.0 Å². The maximum atomic E-state index is 12.5. The van der Waals surface area contributed by atoms with E-state index in [1.165, 1.54) is 0 Å². The second-order valence-electron chi connectivity index (χ2n) is 7.45. The molecule has 0 unspecified atom stereocenters. The standard InChI is InChI=1S/C22H34N2O4/c1-4-5-6-13-23-21(25)17-8-10-18(11-9-17)22(26)24-15-16-7-12-19(27-2)20(14-16)28-3/h7,12,14,17-18H,4-6,8-11,13,15H2,1-3H3,(H,23,25)(H,24,26). The number of nitrogens with one attached hydrogen (secondary N) is 2. The Hall–Kier alpha value is -2.24. The number of amides is 2. The van der Waals surface area contributed by atoms with Gasteiger partial charge in [0.05, 0.1) is 14.2 Å². The van der Waals surface area contributed by atoms with Gasteiger partial charge < -0.3 is 20.1 Å². The van der Waals surface area contributed by atoms with Crippen LogP contribution in [0.5, 0.6) is 11.5 Å². The fourth-order valence-electron chi connectivity index (χ4n) is 3.67. The smallest absolute Gasteiger partial charge is 0.223 e. The molecule has 1 saturated carbocycles. The van der Waals surface area contributed by atoms with Crippen molar-refractivity contribution >= 4 is 11.8 Å². The van der Waals surface area contributed by atoms with Crippen molar-refractivity contribution in [1.29, 1.82) is 0 Å². The molecule has 0 aliphatic heterocycles. The highest BCUT2D eigenvalue weighted by Crippen LogP contribution is 2.30. The summed E-state index contributed by atoms with van der Waals surface area (Å²) < 4.78 is 10.5. The summed E-state index contributed by atoms with van der Waals surface area (Å²) in [5, 5.41) is 6.05. The van der Waals surface area contributed by atoms with Gasteiger partial charge in [-0.25, -0.2) is 0 Å². The van der Waals surface area contributed by atoms with Crippen molar-refractivity contribution in [1.82, 2.24) is 10.6 Å². The van der Waals surface area contributed by atoms with E-state index in [1.54, 1.807) is 14.2 Å². The maximum Gasteiger partial charge on any atom is 0.223 e. The van der Waals surface area contributed by atoms with Gasteiger partial charge in [0.15, 0.2) is 11.5 Å². The number of benzene rings is 1. The molecule has 2 N–H and O–H groups in total. The normalized spacial score (nSPS) is 19.0. The molecule has 1 aliphatic rings. The van der Waals surface area contributed by atoms with E-state index in [4.69, 9.17) is 9.47 Å². The molecule has 0 aromatic heterocycles. The van der Waals surface area contributed by atoms with Gasteiger partial charge in [-0.1, -0.05) is 25.8 Å². The summed E-state index contributed by atoms with van der Waals surface area (Å²) in [5.74, 6) is 1.58. The van der Waals surface area contributed by atoms with Gasteiger partial charge in [0.2, 0.25) is 11.8 Å². The summed E-state index contributed by atoms with van der Waals surface area (Å²) >= 11 is 0. The van der Waals surface area contributed by atoms with Crippen LogP contribution in [0.15, 0.2) is 18.2 Å². The largest absolute Gasteiger partial charge is 0.493 e. The molecule has 1 aromatic rings. The molecule has 1 fully saturated rings. The second-order valence-corrected chi connectivity index (χ2v) is 7.45. The minimum absolute atomic E-state index is 0.00992. The van der Waals surface area contributed by atoms with Crippen LogP contribution < -0.4 is 20.1 Å². The number of ether oxygens (including phenoxy) is 2. The minimum atomic E-state index is -0.00992. The number of hydrogen-bond acceptors (Lipinski definition) is 4. The van der Waals surface area contributed by atoms with E-state index < -0.39 is 0 Å². The van der Waals surface area contributed by atoms with E-state index in [-0.39, 0.29) is 23.7 Å². The maximum absolute atomic E-state index is 12.5. The van der Waals surface area contributed by atoms with Crippen molar-refractivity contribution in [2.45, 2.75) is 58.4 Å². The highest BCUT2D eigenvalue weighted by Gasteiger charge is 2.29. The van der Waals surface area contributed by atoms with E-state index in [2.05, 4.69) is 17.6 Å². The van der Waals surface area contributed by atoms with Gasteiger partial charge in [-0.3, -0.25) is 9.59 Å². The van der Waals surface area contributed by atoms with Crippen LogP contribution in [-0.4, -0.2) is 32.6 Å². The molecule has 0 heterocycles. The van der Waals surface area contributed by atoms with Crippen LogP contribution in [-0.2, 0) is 16.1 Å². The van der Waals surface area contributed by atoms with Crippen LogP contribution in [0.3, 0.4) is 0 Å². The van der Waals surface area contributed by atoms with E-state index >= 15 is 0 Å². The molecule has 0 atom stereocenters. The predicted octanol–water partition coefficient (Wildman–Crippen LogP) is 3.43. The average Bonchev–Trinajstić information content (AvgIpc) is 2.74. The average molecular weight is 391 g/mol. The lowest BCUT2D eigenvalue weighted by atomic mass is 9.81. The number of carbonyl (C=O) groups excluding carboxylic acids is 2. The lowest BCUT2D eigenvalue weighted by Crippen LogP contribution is -2.37. The minimum Gasteiger partial charge on any atom is -0.493 e. The summed E-state index contributed by atoms with van der Waals surface area (Å²) in [6.07, 6.45) is 6.44. The van der Waals surface area contributed by atoms with Crippen molar-refractivity contribution in [3.8, 4) is 11.5 Å². The van der Waals surface area contributed by atoms with Crippen LogP contribution in [0, 0.1) is 11.8 Å². The van der Waals surface area contributed by atoms with Gasteiger partial charge in [0.25, 0.3) is 0 Å². The molecule has 6 nitrogen and oxygen atoms in total. The molecule has 1 aliphatic carbocycles. The molecule has 0 radical (unpaired) electrons. The van der Waals surface area contributed by atoms with Crippen molar-refractivity contribution in [2.24, 2.45) is 11.8 Å². The van der Waals surface area contributed by atoms with E-state index in [0.717, 1.165) is 57.1 Å². The van der Waals surface area contributed by atoms with Crippen molar-refractivity contribution in [3.63, 3.8) is 0 Å². The van der Waals surface area contributed by atoms with Gasteiger partial charge in [0.1, 0.15) is 0 Å². The van der Waals surface area contributed by atoms with Crippen LogP contribution >= 0.6 is 0 Å². The van der Waals surface area contributed by atoms with E-state index in [9.17, 15) is 9.59 Å². The Morgan fingerprint density at radius 1 is 0.929 bits per heavy atom. The van der Waals surface area contributed by atoms with Gasteiger partial charge in [0, 0.05) is 24.9 Å². The monoisotopic (exact) mass is 390 g/mol. The topological polar surface area (TPSA) is 76.7 Å². The fourth-order valence-corrected chi connectivity index (χ4v) is 3.67. The zero-order valence-electron chi connectivity index (χ0n) is 17.4. The number of unbranched alkanes of at least 4 members (excludes halogenated alkanes) is 2. The van der Waals surface area contributed by atoms with E-state index in [1.807, 2.05) is 18.2 Å².